The van der Waals surface area contributed by atoms with Crippen LogP contribution < -0.4 is 5.73 Å². The van der Waals surface area contributed by atoms with Crippen LogP contribution in [-0.2, 0) is 0 Å². The van der Waals surface area contributed by atoms with Gasteiger partial charge in [-0.3, -0.25) is 4.79 Å². The van der Waals surface area contributed by atoms with Gasteiger partial charge < -0.3 is 15.1 Å². The van der Waals surface area contributed by atoms with E-state index in [1.807, 2.05) is 6.92 Å². The van der Waals surface area contributed by atoms with Crippen LogP contribution in [0.5, 0.6) is 0 Å². The van der Waals surface area contributed by atoms with Crippen LogP contribution in [0.4, 0.5) is 0 Å². The highest BCUT2D eigenvalue weighted by molar-refractivity contribution is 7.80. The summed E-state index contributed by atoms with van der Waals surface area (Å²) in [6, 6.07) is 1.76. The van der Waals surface area contributed by atoms with E-state index in [1.54, 1.807) is 11.0 Å². The lowest BCUT2D eigenvalue weighted by atomic mass is 9.97. The van der Waals surface area contributed by atoms with Crippen LogP contribution >= 0.6 is 12.2 Å². The zero-order chi connectivity index (χ0) is 12.4. The van der Waals surface area contributed by atoms with E-state index in [0.29, 0.717) is 17.1 Å². The zero-order valence-electron chi connectivity index (χ0n) is 9.81. The molecule has 4 nitrogen and oxygen atoms in total. The maximum atomic E-state index is 12.2. The van der Waals surface area contributed by atoms with Crippen LogP contribution in [0.3, 0.4) is 0 Å². The summed E-state index contributed by atoms with van der Waals surface area (Å²) < 4.78 is 5.15. The number of piperidine rings is 1. The number of nitrogens with two attached hydrogens (primary N) is 1. The molecule has 1 aliphatic heterocycles. The summed E-state index contributed by atoms with van der Waals surface area (Å²) in [4.78, 5) is 14.5. The summed E-state index contributed by atoms with van der Waals surface area (Å²) >= 11 is 5.00. The average Bonchev–Trinajstić information content (AvgIpc) is 2.75. The third kappa shape index (κ3) is 2.66. The fraction of sp³-hybridized carbons (Fsp3) is 0.500. The number of carbonyl (C=O) groups is 1. The van der Waals surface area contributed by atoms with Gasteiger partial charge >= 0.3 is 0 Å². The van der Waals surface area contributed by atoms with E-state index in [2.05, 4.69) is 0 Å². The smallest absolute Gasteiger partial charge is 0.257 e. The van der Waals surface area contributed by atoms with Crippen molar-refractivity contribution in [1.29, 1.82) is 0 Å². The molecule has 0 aliphatic carbocycles. The van der Waals surface area contributed by atoms with Crippen molar-refractivity contribution < 1.29 is 9.21 Å². The Morgan fingerprint density at radius 1 is 1.65 bits per heavy atom. The van der Waals surface area contributed by atoms with Gasteiger partial charge in [0, 0.05) is 19.0 Å². The normalized spacial score (nSPS) is 20.3. The number of aryl methyl sites for hydroxylation is 1. The molecular formula is C12H16N2O2S. The SMILES string of the molecule is Cc1cc(C(=O)N2CCCC(C(N)=S)C2)co1. The predicted octanol–water partition coefficient (Wildman–Crippen LogP) is 1.73. The second-order valence-corrected chi connectivity index (χ2v) is 4.91. The second kappa shape index (κ2) is 4.87. The fourth-order valence-corrected chi connectivity index (χ4v) is 2.32. The number of carbonyl (C=O) groups excluding carboxylic acids is 1. The van der Waals surface area contributed by atoms with Crippen molar-refractivity contribution in [3.8, 4) is 0 Å². The standard InChI is InChI=1S/C12H16N2O2S/c1-8-5-10(7-16-8)12(15)14-4-2-3-9(6-14)11(13)17/h5,7,9H,2-4,6H2,1H3,(H2,13,17). The van der Waals surface area contributed by atoms with Crippen molar-refractivity contribution in [1.82, 2.24) is 4.90 Å². The molecule has 1 fully saturated rings. The third-order valence-corrected chi connectivity index (χ3v) is 3.42. The zero-order valence-corrected chi connectivity index (χ0v) is 10.6. The van der Waals surface area contributed by atoms with Crippen LogP contribution in [0.15, 0.2) is 16.7 Å². The van der Waals surface area contributed by atoms with Gasteiger partial charge in [0.2, 0.25) is 0 Å². The molecule has 0 saturated carbocycles. The number of rotatable bonds is 2. The first-order chi connectivity index (χ1) is 8.08. The Hall–Kier alpha value is -1.36. The summed E-state index contributed by atoms with van der Waals surface area (Å²) in [7, 11) is 0. The summed E-state index contributed by atoms with van der Waals surface area (Å²) in [5, 5.41) is 0. The molecule has 17 heavy (non-hydrogen) atoms. The summed E-state index contributed by atoms with van der Waals surface area (Å²) in [5.41, 5.74) is 6.25. The van der Waals surface area contributed by atoms with Gasteiger partial charge in [0.1, 0.15) is 12.0 Å². The van der Waals surface area contributed by atoms with Crippen LogP contribution in [0, 0.1) is 12.8 Å². The molecule has 2 N–H and O–H groups in total. The van der Waals surface area contributed by atoms with Crippen molar-refractivity contribution in [2.24, 2.45) is 11.7 Å². The number of hydrogen-bond acceptors (Lipinski definition) is 3. The Bertz CT molecular complexity index is 441. The monoisotopic (exact) mass is 252 g/mol. The quantitative estimate of drug-likeness (QED) is 0.814. The molecule has 92 valence electrons. The number of thiocarbonyl (C=S) groups is 1. The largest absolute Gasteiger partial charge is 0.469 e. The van der Waals surface area contributed by atoms with Crippen molar-refractivity contribution >= 4 is 23.1 Å². The van der Waals surface area contributed by atoms with Crippen molar-refractivity contribution in [2.45, 2.75) is 19.8 Å². The predicted molar refractivity (Wildman–Crippen MR) is 68.9 cm³/mol. The number of likely N-dealkylation sites (tertiary alicyclic amines) is 1. The number of hydrogen-bond donors (Lipinski definition) is 1. The van der Waals surface area contributed by atoms with E-state index in [9.17, 15) is 4.79 Å². The fourth-order valence-electron chi connectivity index (χ4n) is 2.13. The van der Waals surface area contributed by atoms with E-state index in [0.717, 1.165) is 25.1 Å². The number of furan rings is 1. The van der Waals surface area contributed by atoms with Gasteiger partial charge in [-0.2, -0.15) is 0 Å². The molecular weight excluding hydrogens is 236 g/mol. The van der Waals surface area contributed by atoms with Gasteiger partial charge in [0.05, 0.1) is 10.6 Å². The van der Waals surface area contributed by atoms with Gasteiger partial charge in [-0.25, -0.2) is 0 Å². The lowest BCUT2D eigenvalue weighted by Crippen LogP contribution is -2.43. The number of nitrogens with zero attached hydrogens (tertiary/aromatic N) is 1. The molecule has 0 bridgehead atoms. The molecule has 0 radical (unpaired) electrons. The highest BCUT2D eigenvalue weighted by Gasteiger charge is 2.26. The van der Waals surface area contributed by atoms with Crippen LogP contribution in [0.25, 0.3) is 0 Å². The minimum absolute atomic E-state index is 0.00259. The van der Waals surface area contributed by atoms with Crippen molar-refractivity contribution in [2.75, 3.05) is 13.1 Å². The van der Waals surface area contributed by atoms with E-state index in [1.165, 1.54) is 6.26 Å². The van der Waals surface area contributed by atoms with E-state index >= 15 is 0 Å². The molecule has 1 atom stereocenters. The average molecular weight is 252 g/mol. The molecule has 1 aromatic rings. The molecule has 1 aliphatic rings. The van der Waals surface area contributed by atoms with E-state index in [4.69, 9.17) is 22.4 Å². The van der Waals surface area contributed by atoms with Gasteiger partial charge in [-0.15, -0.1) is 0 Å². The van der Waals surface area contributed by atoms with Crippen molar-refractivity contribution in [3.05, 3.63) is 23.7 Å². The molecule has 5 heteroatoms. The van der Waals surface area contributed by atoms with Gasteiger partial charge in [-0.1, -0.05) is 12.2 Å². The topological polar surface area (TPSA) is 59.5 Å². The summed E-state index contributed by atoms with van der Waals surface area (Å²) in [5.74, 6) is 0.898. The first kappa shape index (κ1) is 12.1. The first-order valence-corrected chi connectivity index (χ1v) is 6.12. The molecule has 1 saturated heterocycles. The van der Waals surface area contributed by atoms with Gasteiger partial charge in [0.25, 0.3) is 5.91 Å². The Morgan fingerprint density at radius 2 is 2.41 bits per heavy atom. The minimum atomic E-state index is 0.00259. The molecule has 1 aromatic heterocycles. The first-order valence-electron chi connectivity index (χ1n) is 5.71. The lowest BCUT2D eigenvalue weighted by molar-refractivity contribution is 0.0703. The molecule has 2 rings (SSSR count). The summed E-state index contributed by atoms with van der Waals surface area (Å²) in [6.07, 6.45) is 3.43. The van der Waals surface area contributed by atoms with Gasteiger partial charge in [0.15, 0.2) is 0 Å². The van der Waals surface area contributed by atoms with E-state index < -0.39 is 0 Å². The van der Waals surface area contributed by atoms with Gasteiger partial charge in [-0.05, 0) is 25.8 Å². The van der Waals surface area contributed by atoms with Crippen molar-refractivity contribution in [3.63, 3.8) is 0 Å². The molecule has 2 heterocycles. The number of amides is 1. The lowest BCUT2D eigenvalue weighted by Gasteiger charge is -2.31. The Morgan fingerprint density at radius 3 is 3.00 bits per heavy atom. The van der Waals surface area contributed by atoms with E-state index in [-0.39, 0.29) is 11.8 Å². The molecule has 0 spiro atoms. The third-order valence-electron chi connectivity index (χ3n) is 3.09. The second-order valence-electron chi connectivity index (χ2n) is 4.44. The minimum Gasteiger partial charge on any atom is -0.469 e. The molecule has 0 aromatic carbocycles. The Kier molecular flexibility index (Phi) is 3.47. The summed E-state index contributed by atoms with van der Waals surface area (Å²) in [6.45, 7) is 3.21. The van der Waals surface area contributed by atoms with Crippen LogP contribution in [0.2, 0.25) is 0 Å². The Balaban J connectivity index is 2.07. The maximum absolute atomic E-state index is 12.2. The highest BCUT2D eigenvalue weighted by Crippen LogP contribution is 2.19. The van der Waals surface area contributed by atoms with Crippen LogP contribution in [0.1, 0.15) is 29.0 Å². The molecule has 1 amide bonds. The molecule has 1 unspecified atom stereocenters. The Labute approximate surface area is 106 Å². The maximum Gasteiger partial charge on any atom is 0.257 e. The van der Waals surface area contributed by atoms with Crippen LogP contribution in [-0.4, -0.2) is 28.9 Å². The highest BCUT2D eigenvalue weighted by atomic mass is 32.1.